The van der Waals surface area contributed by atoms with Gasteiger partial charge in [0.2, 0.25) is 0 Å². The van der Waals surface area contributed by atoms with Crippen molar-refractivity contribution in [3.8, 4) is 0 Å². The summed E-state index contributed by atoms with van der Waals surface area (Å²) in [6.45, 7) is 1.87. The molecule has 1 rings (SSSR count). The highest BCUT2D eigenvalue weighted by atomic mass is 16.3. The number of hydrogen-bond acceptors (Lipinski definition) is 3. The molecule has 0 aliphatic rings. The number of amides is 2. The zero-order valence-electron chi connectivity index (χ0n) is 8.02. The van der Waals surface area contributed by atoms with Gasteiger partial charge in [0.25, 0.3) is 0 Å². The largest absolute Gasteiger partial charge is 0.344 e. The zero-order valence-corrected chi connectivity index (χ0v) is 8.02. The summed E-state index contributed by atoms with van der Waals surface area (Å²) in [6.07, 6.45) is 0. The molecule has 0 fully saturated rings. The molecule has 0 radical (unpaired) electrons. The van der Waals surface area contributed by atoms with Crippen LogP contribution in [0.15, 0.2) is 29.6 Å². The van der Waals surface area contributed by atoms with Gasteiger partial charge in [-0.25, -0.2) is 4.79 Å². The van der Waals surface area contributed by atoms with Crippen LogP contribution in [0.25, 0.3) is 0 Å². The standard InChI is InChI=1S/C9H11N3O2/c1-7-5-3-4-6-8(7)10-9(13)12(2)11-14/h3-6H,1-2H3,(H,10,13). The van der Waals surface area contributed by atoms with E-state index in [1.807, 2.05) is 19.1 Å². The van der Waals surface area contributed by atoms with E-state index in [9.17, 15) is 9.70 Å². The summed E-state index contributed by atoms with van der Waals surface area (Å²) < 4.78 is 0. The maximum atomic E-state index is 11.2. The minimum atomic E-state index is -0.547. The van der Waals surface area contributed by atoms with Crippen LogP contribution in [0.3, 0.4) is 0 Å². The quantitative estimate of drug-likeness (QED) is 0.577. The van der Waals surface area contributed by atoms with E-state index < -0.39 is 6.03 Å². The molecule has 0 aliphatic carbocycles. The molecule has 0 atom stereocenters. The Morgan fingerprint density at radius 2 is 2.07 bits per heavy atom. The Balaban J connectivity index is 2.74. The van der Waals surface area contributed by atoms with Crippen LogP contribution in [0.1, 0.15) is 5.56 Å². The molecule has 5 heteroatoms. The van der Waals surface area contributed by atoms with Gasteiger partial charge in [0.15, 0.2) is 0 Å². The fourth-order valence-corrected chi connectivity index (χ4v) is 0.946. The van der Waals surface area contributed by atoms with E-state index in [1.54, 1.807) is 12.1 Å². The minimum Gasteiger partial charge on any atom is -0.306 e. The predicted octanol–water partition coefficient (Wildman–Crippen LogP) is 2.14. The van der Waals surface area contributed by atoms with Gasteiger partial charge in [0.05, 0.1) is 5.29 Å². The lowest BCUT2D eigenvalue weighted by atomic mass is 10.2. The number of nitrogens with zero attached hydrogens (tertiary/aromatic N) is 2. The van der Waals surface area contributed by atoms with Crippen LogP contribution in [0.5, 0.6) is 0 Å². The summed E-state index contributed by atoms with van der Waals surface area (Å²) in [5.74, 6) is 0. The maximum Gasteiger partial charge on any atom is 0.344 e. The molecule has 1 aromatic carbocycles. The summed E-state index contributed by atoms with van der Waals surface area (Å²) in [6, 6.07) is 6.74. The molecule has 0 heterocycles. The molecule has 14 heavy (non-hydrogen) atoms. The van der Waals surface area contributed by atoms with Gasteiger partial charge in [0.1, 0.15) is 0 Å². The van der Waals surface area contributed by atoms with E-state index in [1.165, 1.54) is 7.05 Å². The van der Waals surface area contributed by atoms with Crippen LogP contribution in [-0.2, 0) is 0 Å². The van der Waals surface area contributed by atoms with E-state index in [2.05, 4.69) is 10.6 Å². The lowest BCUT2D eigenvalue weighted by molar-refractivity contribution is 0.224. The van der Waals surface area contributed by atoms with Crippen molar-refractivity contribution in [2.45, 2.75) is 6.92 Å². The van der Waals surface area contributed by atoms with Crippen LogP contribution in [0.4, 0.5) is 10.5 Å². The van der Waals surface area contributed by atoms with Crippen molar-refractivity contribution in [3.05, 3.63) is 34.7 Å². The number of urea groups is 1. The molecular formula is C9H11N3O2. The van der Waals surface area contributed by atoms with E-state index >= 15 is 0 Å². The van der Waals surface area contributed by atoms with Gasteiger partial charge in [-0.05, 0) is 18.6 Å². The molecule has 0 unspecified atom stereocenters. The van der Waals surface area contributed by atoms with E-state index in [-0.39, 0.29) is 0 Å². The third-order valence-corrected chi connectivity index (χ3v) is 1.80. The summed E-state index contributed by atoms with van der Waals surface area (Å²) in [7, 11) is 1.29. The van der Waals surface area contributed by atoms with Crippen molar-refractivity contribution >= 4 is 11.7 Å². The van der Waals surface area contributed by atoms with Crippen LogP contribution >= 0.6 is 0 Å². The first-order chi connectivity index (χ1) is 6.65. The van der Waals surface area contributed by atoms with Gasteiger partial charge >= 0.3 is 6.03 Å². The lowest BCUT2D eigenvalue weighted by Gasteiger charge is -2.10. The second-order valence-electron chi connectivity index (χ2n) is 2.85. The van der Waals surface area contributed by atoms with Crippen molar-refractivity contribution in [1.82, 2.24) is 5.01 Å². The third-order valence-electron chi connectivity index (χ3n) is 1.80. The summed E-state index contributed by atoms with van der Waals surface area (Å²) in [5.41, 5.74) is 1.60. The topological polar surface area (TPSA) is 61.8 Å². The number of aryl methyl sites for hydroxylation is 1. The van der Waals surface area contributed by atoms with Gasteiger partial charge < -0.3 is 5.32 Å². The molecule has 1 aromatic rings. The Bertz CT molecular complexity index is 352. The molecule has 0 aromatic heterocycles. The number of nitrogens with one attached hydrogen (secondary N) is 1. The van der Waals surface area contributed by atoms with Gasteiger partial charge in [-0.15, -0.1) is 4.91 Å². The molecule has 2 amide bonds. The molecular weight excluding hydrogens is 182 g/mol. The Labute approximate surface area is 81.7 Å². The van der Waals surface area contributed by atoms with Gasteiger partial charge in [-0.2, -0.15) is 5.01 Å². The molecule has 1 N–H and O–H groups in total. The first-order valence-electron chi connectivity index (χ1n) is 4.08. The van der Waals surface area contributed by atoms with Gasteiger partial charge in [-0.1, -0.05) is 18.2 Å². The van der Waals surface area contributed by atoms with Crippen LogP contribution < -0.4 is 5.32 Å². The minimum absolute atomic E-state index is 0.547. The average molecular weight is 193 g/mol. The van der Waals surface area contributed by atoms with Crippen molar-refractivity contribution in [1.29, 1.82) is 0 Å². The first-order valence-corrected chi connectivity index (χ1v) is 4.08. The lowest BCUT2D eigenvalue weighted by Crippen LogP contribution is -2.26. The van der Waals surface area contributed by atoms with E-state index in [0.717, 1.165) is 5.56 Å². The molecule has 5 nitrogen and oxygen atoms in total. The van der Waals surface area contributed by atoms with Gasteiger partial charge in [0, 0.05) is 12.7 Å². The smallest absolute Gasteiger partial charge is 0.306 e. The first kappa shape index (κ1) is 10.2. The monoisotopic (exact) mass is 193 g/mol. The number of anilines is 1. The molecule has 0 bridgehead atoms. The van der Waals surface area contributed by atoms with Crippen molar-refractivity contribution < 1.29 is 4.79 Å². The predicted molar refractivity (Wildman–Crippen MR) is 53.8 cm³/mol. The normalized spacial score (nSPS) is 9.29. The molecule has 0 saturated carbocycles. The van der Waals surface area contributed by atoms with Gasteiger partial charge in [-0.3, -0.25) is 0 Å². The van der Waals surface area contributed by atoms with Crippen LogP contribution in [-0.4, -0.2) is 18.1 Å². The average Bonchev–Trinajstić information content (AvgIpc) is 2.20. The van der Waals surface area contributed by atoms with E-state index in [4.69, 9.17) is 0 Å². The number of carbonyl (C=O) groups is 1. The van der Waals surface area contributed by atoms with Crippen molar-refractivity contribution in [2.75, 3.05) is 12.4 Å². The number of para-hydroxylation sites is 1. The Morgan fingerprint density at radius 1 is 1.43 bits per heavy atom. The number of hydrogen-bond donors (Lipinski definition) is 1. The second-order valence-corrected chi connectivity index (χ2v) is 2.85. The van der Waals surface area contributed by atoms with E-state index in [0.29, 0.717) is 10.7 Å². The van der Waals surface area contributed by atoms with Crippen LogP contribution in [0, 0.1) is 11.8 Å². The van der Waals surface area contributed by atoms with Crippen LogP contribution in [0.2, 0.25) is 0 Å². The Kier molecular flexibility index (Phi) is 3.17. The Morgan fingerprint density at radius 3 is 2.64 bits per heavy atom. The fourth-order valence-electron chi connectivity index (χ4n) is 0.946. The van der Waals surface area contributed by atoms with Crippen molar-refractivity contribution in [2.24, 2.45) is 5.29 Å². The summed E-state index contributed by atoms with van der Waals surface area (Å²) in [5, 5.41) is 5.74. The second kappa shape index (κ2) is 4.36. The molecule has 0 saturated heterocycles. The summed E-state index contributed by atoms with van der Waals surface area (Å²) >= 11 is 0. The number of rotatable bonds is 2. The highest BCUT2D eigenvalue weighted by molar-refractivity contribution is 5.89. The molecule has 0 aliphatic heterocycles. The van der Waals surface area contributed by atoms with Crippen molar-refractivity contribution in [3.63, 3.8) is 0 Å². The zero-order chi connectivity index (χ0) is 10.6. The summed E-state index contributed by atoms with van der Waals surface area (Å²) in [4.78, 5) is 21.3. The number of benzene rings is 1. The molecule has 74 valence electrons. The highest BCUT2D eigenvalue weighted by Crippen LogP contribution is 2.13. The third kappa shape index (κ3) is 2.29. The Hall–Kier alpha value is -1.91. The molecule has 0 spiro atoms. The maximum absolute atomic E-state index is 11.2. The highest BCUT2D eigenvalue weighted by Gasteiger charge is 2.08. The SMILES string of the molecule is Cc1ccccc1NC(=O)N(C)N=O. The fraction of sp³-hybridized carbons (Fsp3) is 0.222. The number of carbonyl (C=O) groups excluding carboxylic acids is 1. The number of nitroso groups, excluding NO2 is 1.